The molecule has 5 heteroatoms. The predicted octanol–water partition coefficient (Wildman–Crippen LogP) is 5.74. The minimum Gasteiger partial charge on any atom is -0.399 e. The second-order valence-corrected chi connectivity index (χ2v) is 5.81. The monoisotopic (exact) mass is 339 g/mol. The minimum atomic E-state index is 0.458. The molecule has 0 aliphatic heterocycles. The van der Waals surface area contributed by atoms with Gasteiger partial charge in [-0.05, 0) is 24.3 Å². The Bertz CT molecular complexity index is 962. The van der Waals surface area contributed by atoms with Crippen molar-refractivity contribution in [1.82, 2.24) is 9.97 Å². The van der Waals surface area contributed by atoms with Crippen LogP contribution in [0, 0.1) is 0 Å². The molecule has 0 aliphatic rings. The van der Waals surface area contributed by atoms with E-state index in [-0.39, 0.29) is 0 Å². The van der Waals surface area contributed by atoms with Crippen molar-refractivity contribution in [2.45, 2.75) is 0 Å². The maximum absolute atomic E-state index is 5.70. The fourth-order valence-electron chi connectivity index (χ4n) is 2.67. The summed E-state index contributed by atoms with van der Waals surface area (Å²) in [5.41, 5.74) is 11.0. The lowest BCUT2D eigenvalue weighted by molar-refractivity contribution is 1.13. The summed E-state index contributed by atoms with van der Waals surface area (Å²) < 4.78 is 0. The maximum atomic E-state index is 5.70. The number of aromatic amines is 1. The van der Waals surface area contributed by atoms with Gasteiger partial charge in [0.2, 0.25) is 5.95 Å². The standard InChI is InChI=1S/C21H17N5/c22-17-11-13-18(14-12-17)25-26-21-23-19(15-7-3-1-4-8-15)20(24-21)16-9-5-2-6-10-16/h1-14H,22H2,(H,23,24). The quantitative estimate of drug-likeness (QED) is 0.367. The number of nitrogen functional groups attached to an aromatic ring is 1. The molecule has 4 aromatic rings. The van der Waals surface area contributed by atoms with Gasteiger partial charge in [-0.25, -0.2) is 4.98 Å². The molecular formula is C21H17N5. The van der Waals surface area contributed by atoms with Crippen LogP contribution in [0.1, 0.15) is 0 Å². The van der Waals surface area contributed by atoms with Crippen molar-refractivity contribution in [2.24, 2.45) is 10.2 Å². The Hall–Kier alpha value is -3.73. The zero-order valence-electron chi connectivity index (χ0n) is 14.0. The molecule has 0 saturated heterocycles. The van der Waals surface area contributed by atoms with Crippen molar-refractivity contribution < 1.29 is 0 Å². The van der Waals surface area contributed by atoms with Crippen LogP contribution in [-0.2, 0) is 0 Å². The maximum Gasteiger partial charge on any atom is 0.247 e. The highest BCUT2D eigenvalue weighted by Crippen LogP contribution is 2.32. The molecule has 0 spiro atoms. The van der Waals surface area contributed by atoms with Crippen LogP contribution in [0.15, 0.2) is 95.2 Å². The number of aromatic nitrogens is 2. The van der Waals surface area contributed by atoms with E-state index in [0.717, 1.165) is 28.2 Å². The normalized spacial score (nSPS) is 11.1. The lowest BCUT2D eigenvalue weighted by Crippen LogP contribution is -1.82. The van der Waals surface area contributed by atoms with E-state index in [1.165, 1.54) is 0 Å². The van der Waals surface area contributed by atoms with Gasteiger partial charge in [-0.3, -0.25) is 0 Å². The lowest BCUT2D eigenvalue weighted by atomic mass is 10.1. The summed E-state index contributed by atoms with van der Waals surface area (Å²) in [5.74, 6) is 0.458. The Morgan fingerprint density at radius 2 is 1.31 bits per heavy atom. The Kier molecular flexibility index (Phi) is 4.26. The van der Waals surface area contributed by atoms with Crippen LogP contribution < -0.4 is 5.73 Å². The van der Waals surface area contributed by atoms with Crippen molar-refractivity contribution in [3.8, 4) is 22.5 Å². The number of H-pyrrole nitrogens is 1. The third-order valence-electron chi connectivity index (χ3n) is 3.95. The van der Waals surface area contributed by atoms with E-state index in [4.69, 9.17) is 5.73 Å². The van der Waals surface area contributed by atoms with Crippen molar-refractivity contribution in [3.63, 3.8) is 0 Å². The number of nitrogens with one attached hydrogen (secondary N) is 1. The summed E-state index contributed by atoms with van der Waals surface area (Å²) >= 11 is 0. The Balaban J connectivity index is 1.75. The SMILES string of the molecule is Nc1ccc(N=Nc2nc(-c3ccccc3)c(-c3ccccc3)[nH]2)cc1. The Morgan fingerprint density at radius 3 is 1.96 bits per heavy atom. The van der Waals surface area contributed by atoms with E-state index < -0.39 is 0 Å². The molecule has 4 rings (SSSR count). The highest BCUT2D eigenvalue weighted by Gasteiger charge is 2.13. The number of anilines is 1. The molecule has 0 fully saturated rings. The molecule has 0 unspecified atom stereocenters. The first-order chi connectivity index (χ1) is 12.8. The summed E-state index contributed by atoms with van der Waals surface area (Å²) in [6.45, 7) is 0. The van der Waals surface area contributed by atoms with Gasteiger partial charge in [0.15, 0.2) is 0 Å². The number of rotatable bonds is 4. The Labute approximate surface area is 151 Å². The molecule has 0 bridgehead atoms. The minimum absolute atomic E-state index is 0.458. The fourth-order valence-corrected chi connectivity index (χ4v) is 2.67. The second kappa shape index (κ2) is 7.03. The van der Waals surface area contributed by atoms with E-state index in [1.54, 1.807) is 12.1 Å². The average molecular weight is 339 g/mol. The van der Waals surface area contributed by atoms with Crippen molar-refractivity contribution >= 4 is 17.3 Å². The van der Waals surface area contributed by atoms with E-state index in [0.29, 0.717) is 11.6 Å². The molecule has 0 radical (unpaired) electrons. The molecule has 3 N–H and O–H groups in total. The van der Waals surface area contributed by atoms with E-state index in [9.17, 15) is 0 Å². The molecule has 0 aliphatic carbocycles. The van der Waals surface area contributed by atoms with Gasteiger partial charge in [0.05, 0.1) is 17.1 Å². The number of hydrogen-bond acceptors (Lipinski definition) is 4. The van der Waals surface area contributed by atoms with Gasteiger partial charge in [0.25, 0.3) is 0 Å². The summed E-state index contributed by atoms with van der Waals surface area (Å²) in [5, 5.41) is 8.49. The van der Waals surface area contributed by atoms with Crippen molar-refractivity contribution in [2.75, 3.05) is 5.73 Å². The molecule has 0 saturated carbocycles. The first kappa shape index (κ1) is 15.8. The molecule has 126 valence electrons. The highest BCUT2D eigenvalue weighted by atomic mass is 15.2. The predicted molar refractivity (Wildman–Crippen MR) is 104 cm³/mol. The number of benzene rings is 3. The van der Waals surface area contributed by atoms with E-state index in [2.05, 4.69) is 20.2 Å². The van der Waals surface area contributed by atoms with Crippen molar-refractivity contribution in [3.05, 3.63) is 84.9 Å². The number of azo groups is 1. The average Bonchev–Trinajstić information content (AvgIpc) is 3.13. The van der Waals surface area contributed by atoms with Crippen LogP contribution in [0.25, 0.3) is 22.5 Å². The van der Waals surface area contributed by atoms with Gasteiger partial charge < -0.3 is 10.7 Å². The third-order valence-corrected chi connectivity index (χ3v) is 3.95. The van der Waals surface area contributed by atoms with Crippen LogP contribution in [0.3, 0.4) is 0 Å². The molecular weight excluding hydrogens is 322 g/mol. The van der Waals surface area contributed by atoms with E-state index >= 15 is 0 Å². The first-order valence-electron chi connectivity index (χ1n) is 8.28. The van der Waals surface area contributed by atoms with Crippen LogP contribution in [0.2, 0.25) is 0 Å². The molecule has 1 aromatic heterocycles. The number of imidazole rings is 1. The molecule has 26 heavy (non-hydrogen) atoms. The highest BCUT2D eigenvalue weighted by molar-refractivity contribution is 5.79. The molecule has 3 aromatic carbocycles. The second-order valence-electron chi connectivity index (χ2n) is 5.81. The third kappa shape index (κ3) is 3.37. The van der Waals surface area contributed by atoms with Crippen LogP contribution >= 0.6 is 0 Å². The summed E-state index contributed by atoms with van der Waals surface area (Å²) in [6.07, 6.45) is 0. The number of hydrogen-bond donors (Lipinski definition) is 2. The van der Waals surface area contributed by atoms with E-state index in [1.807, 2.05) is 72.8 Å². The zero-order valence-corrected chi connectivity index (χ0v) is 14.0. The van der Waals surface area contributed by atoms with Gasteiger partial charge in [0.1, 0.15) is 0 Å². The van der Waals surface area contributed by atoms with Crippen LogP contribution in [0.5, 0.6) is 0 Å². The topological polar surface area (TPSA) is 79.4 Å². The van der Waals surface area contributed by atoms with Gasteiger partial charge in [0, 0.05) is 16.8 Å². The zero-order chi connectivity index (χ0) is 17.8. The van der Waals surface area contributed by atoms with Crippen LogP contribution in [-0.4, -0.2) is 9.97 Å². The van der Waals surface area contributed by atoms with Gasteiger partial charge in [-0.15, -0.1) is 10.2 Å². The van der Waals surface area contributed by atoms with Gasteiger partial charge >= 0.3 is 0 Å². The van der Waals surface area contributed by atoms with Gasteiger partial charge in [-0.2, -0.15) is 0 Å². The van der Waals surface area contributed by atoms with Crippen LogP contribution in [0.4, 0.5) is 17.3 Å². The lowest BCUT2D eigenvalue weighted by Gasteiger charge is -2.02. The fraction of sp³-hybridized carbons (Fsp3) is 0. The first-order valence-corrected chi connectivity index (χ1v) is 8.28. The smallest absolute Gasteiger partial charge is 0.247 e. The van der Waals surface area contributed by atoms with Crippen molar-refractivity contribution in [1.29, 1.82) is 0 Å². The summed E-state index contributed by atoms with van der Waals surface area (Å²) in [4.78, 5) is 7.93. The molecule has 0 atom stereocenters. The summed E-state index contributed by atoms with van der Waals surface area (Å²) in [7, 11) is 0. The number of nitrogens with zero attached hydrogens (tertiary/aromatic N) is 3. The summed E-state index contributed by atoms with van der Waals surface area (Å²) in [6, 6.07) is 27.3. The molecule has 5 nitrogen and oxygen atoms in total. The van der Waals surface area contributed by atoms with Gasteiger partial charge in [-0.1, -0.05) is 60.7 Å². The molecule has 1 heterocycles. The largest absolute Gasteiger partial charge is 0.399 e. The Morgan fingerprint density at radius 1 is 0.692 bits per heavy atom. The number of nitrogens with two attached hydrogens (primary N) is 1. The molecule has 0 amide bonds.